The van der Waals surface area contributed by atoms with Gasteiger partial charge in [-0.25, -0.2) is 0 Å². The van der Waals surface area contributed by atoms with E-state index in [2.05, 4.69) is 34.6 Å². The first kappa shape index (κ1) is 21.2. The average molecular weight is 389 g/mol. The molecule has 0 amide bonds. The van der Waals surface area contributed by atoms with Crippen molar-refractivity contribution in [1.82, 2.24) is 0 Å². The third kappa shape index (κ3) is 3.30. The summed E-state index contributed by atoms with van der Waals surface area (Å²) in [6.45, 7) is 12.5. The zero-order valence-corrected chi connectivity index (χ0v) is 19.6. The molecule has 4 rings (SSSR count). The first-order valence-electron chi connectivity index (χ1n) is 13.0. The van der Waals surface area contributed by atoms with Crippen LogP contribution in [-0.4, -0.2) is 11.2 Å². The smallest absolute Gasteiger partial charge is 0.0599 e. The molecule has 28 heavy (non-hydrogen) atoms. The normalized spacial score (nSPS) is 49.4. The summed E-state index contributed by atoms with van der Waals surface area (Å²) in [6, 6.07) is 0. The largest absolute Gasteiger partial charge is 0.393 e. The summed E-state index contributed by atoms with van der Waals surface area (Å²) >= 11 is 0. The Morgan fingerprint density at radius 3 is 2.39 bits per heavy atom. The minimum Gasteiger partial charge on any atom is -0.393 e. The van der Waals surface area contributed by atoms with Gasteiger partial charge in [0.2, 0.25) is 0 Å². The molecular weight excluding hydrogens is 340 g/mol. The van der Waals surface area contributed by atoms with Crippen molar-refractivity contribution >= 4 is 0 Å². The van der Waals surface area contributed by atoms with E-state index in [1.807, 2.05) is 0 Å². The standard InChI is InChI=1S/C27H48O/c1-18(2)8-6-9-19(3)22-14-15-23-21-13-12-20-10-7-11-25(28)27(20,5)24(21)16-17-26(22,23)4/h18-25,28H,6-17H2,1-5H3/t19-,20-,21+,22+,23-,24-,25+,26-,27+/m1/s1. The summed E-state index contributed by atoms with van der Waals surface area (Å²) in [5.74, 6) is 6.15. The van der Waals surface area contributed by atoms with Crippen LogP contribution in [0.15, 0.2) is 0 Å². The summed E-state index contributed by atoms with van der Waals surface area (Å²) in [7, 11) is 0. The van der Waals surface area contributed by atoms with Gasteiger partial charge in [0.25, 0.3) is 0 Å². The lowest BCUT2D eigenvalue weighted by atomic mass is 9.44. The summed E-state index contributed by atoms with van der Waals surface area (Å²) in [5.41, 5.74) is 0.810. The maximum absolute atomic E-state index is 11.1. The molecule has 4 aliphatic carbocycles. The molecule has 0 bridgehead atoms. The van der Waals surface area contributed by atoms with Crippen molar-refractivity contribution in [3.05, 3.63) is 0 Å². The molecule has 1 nitrogen and oxygen atoms in total. The lowest BCUT2D eigenvalue weighted by Crippen LogP contribution is -2.57. The van der Waals surface area contributed by atoms with Crippen LogP contribution in [-0.2, 0) is 0 Å². The van der Waals surface area contributed by atoms with E-state index in [1.165, 1.54) is 70.6 Å². The van der Waals surface area contributed by atoms with Crippen LogP contribution in [0.3, 0.4) is 0 Å². The first-order valence-corrected chi connectivity index (χ1v) is 13.0. The maximum Gasteiger partial charge on any atom is 0.0599 e. The van der Waals surface area contributed by atoms with Crippen molar-refractivity contribution in [1.29, 1.82) is 0 Å². The molecule has 0 aromatic rings. The van der Waals surface area contributed by atoms with Crippen molar-refractivity contribution in [3.63, 3.8) is 0 Å². The Morgan fingerprint density at radius 2 is 1.64 bits per heavy atom. The van der Waals surface area contributed by atoms with E-state index < -0.39 is 0 Å². The Bertz CT molecular complexity index is 540. The van der Waals surface area contributed by atoms with Gasteiger partial charge in [-0.15, -0.1) is 0 Å². The monoisotopic (exact) mass is 388 g/mol. The van der Waals surface area contributed by atoms with E-state index in [0.29, 0.717) is 5.41 Å². The molecule has 4 saturated carbocycles. The minimum atomic E-state index is -0.0319. The Morgan fingerprint density at radius 1 is 0.857 bits per heavy atom. The number of aliphatic hydroxyl groups is 1. The van der Waals surface area contributed by atoms with Gasteiger partial charge in [-0.3, -0.25) is 0 Å². The van der Waals surface area contributed by atoms with Crippen LogP contribution in [0, 0.1) is 52.3 Å². The van der Waals surface area contributed by atoms with Crippen LogP contribution < -0.4 is 0 Å². The highest BCUT2D eigenvalue weighted by Crippen LogP contribution is 2.68. The lowest BCUT2D eigenvalue weighted by molar-refractivity contribution is -0.164. The van der Waals surface area contributed by atoms with Crippen molar-refractivity contribution in [2.45, 2.75) is 118 Å². The minimum absolute atomic E-state index is 0.0319. The molecule has 0 aromatic heterocycles. The zero-order chi connectivity index (χ0) is 20.1. The molecule has 0 aliphatic heterocycles. The molecule has 0 saturated heterocycles. The van der Waals surface area contributed by atoms with Gasteiger partial charge in [-0.05, 0) is 104 Å². The number of hydrogen-bond acceptors (Lipinski definition) is 1. The summed E-state index contributed by atoms with van der Waals surface area (Å²) < 4.78 is 0. The van der Waals surface area contributed by atoms with Gasteiger partial charge in [0.1, 0.15) is 0 Å². The van der Waals surface area contributed by atoms with Gasteiger partial charge in [0.05, 0.1) is 6.10 Å². The molecule has 162 valence electrons. The molecule has 4 fully saturated rings. The fourth-order valence-electron chi connectivity index (χ4n) is 9.34. The third-order valence-electron chi connectivity index (χ3n) is 10.9. The van der Waals surface area contributed by atoms with E-state index >= 15 is 0 Å². The van der Waals surface area contributed by atoms with Crippen LogP contribution in [0.25, 0.3) is 0 Å². The molecule has 0 aromatic carbocycles. The van der Waals surface area contributed by atoms with Gasteiger partial charge in [0.15, 0.2) is 0 Å². The second kappa shape index (κ2) is 7.90. The van der Waals surface area contributed by atoms with Crippen LogP contribution in [0.5, 0.6) is 0 Å². The average Bonchev–Trinajstić information content (AvgIpc) is 3.00. The molecule has 4 aliphatic rings. The predicted octanol–water partition coefficient (Wildman–Crippen LogP) is 7.47. The highest BCUT2D eigenvalue weighted by atomic mass is 16.3. The van der Waals surface area contributed by atoms with Gasteiger partial charge in [-0.2, -0.15) is 0 Å². The van der Waals surface area contributed by atoms with Crippen LogP contribution in [0.2, 0.25) is 0 Å². The number of hydrogen-bond donors (Lipinski definition) is 1. The first-order chi connectivity index (χ1) is 13.3. The van der Waals surface area contributed by atoms with Crippen LogP contribution in [0.4, 0.5) is 0 Å². The van der Waals surface area contributed by atoms with Crippen molar-refractivity contribution in [2.24, 2.45) is 52.3 Å². The molecule has 0 unspecified atom stereocenters. The van der Waals surface area contributed by atoms with E-state index in [0.717, 1.165) is 47.8 Å². The van der Waals surface area contributed by atoms with E-state index in [9.17, 15) is 5.11 Å². The van der Waals surface area contributed by atoms with E-state index in [-0.39, 0.29) is 11.5 Å². The summed E-state index contributed by atoms with van der Waals surface area (Å²) in [6.07, 6.45) is 16.6. The highest BCUT2D eigenvalue weighted by molar-refractivity contribution is 5.10. The molecule has 1 heteroatoms. The van der Waals surface area contributed by atoms with Gasteiger partial charge in [0, 0.05) is 0 Å². The second-order valence-electron chi connectivity index (χ2n) is 12.5. The summed E-state index contributed by atoms with van der Waals surface area (Å²) in [4.78, 5) is 0. The Labute approximate surface area is 175 Å². The molecule has 0 radical (unpaired) electrons. The third-order valence-corrected chi connectivity index (χ3v) is 10.9. The fourth-order valence-corrected chi connectivity index (χ4v) is 9.34. The van der Waals surface area contributed by atoms with Crippen molar-refractivity contribution < 1.29 is 5.11 Å². The molecule has 9 atom stereocenters. The predicted molar refractivity (Wildman–Crippen MR) is 119 cm³/mol. The van der Waals surface area contributed by atoms with Crippen LogP contribution >= 0.6 is 0 Å². The topological polar surface area (TPSA) is 20.2 Å². The molecule has 0 spiro atoms. The zero-order valence-electron chi connectivity index (χ0n) is 19.6. The number of aliphatic hydroxyl groups excluding tert-OH is 1. The number of fused-ring (bicyclic) bond motifs is 5. The van der Waals surface area contributed by atoms with Gasteiger partial charge < -0.3 is 5.11 Å². The Kier molecular flexibility index (Phi) is 5.98. The van der Waals surface area contributed by atoms with E-state index in [1.54, 1.807) is 0 Å². The molecular formula is C27H48O. The molecule has 0 heterocycles. The number of rotatable bonds is 5. The van der Waals surface area contributed by atoms with Gasteiger partial charge in [-0.1, -0.05) is 60.3 Å². The van der Waals surface area contributed by atoms with Gasteiger partial charge >= 0.3 is 0 Å². The van der Waals surface area contributed by atoms with E-state index in [4.69, 9.17) is 0 Å². The Hall–Kier alpha value is -0.0400. The fraction of sp³-hybridized carbons (Fsp3) is 1.00. The quantitative estimate of drug-likeness (QED) is 0.518. The van der Waals surface area contributed by atoms with Crippen molar-refractivity contribution in [3.8, 4) is 0 Å². The highest BCUT2D eigenvalue weighted by Gasteiger charge is 2.61. The Balaban J connectivity index is 1.49. The van der Waals surface area contributed by atoms with Crippen molar-refractivity contribution in [2.75, 3.05) is 0 Å². The molecule has 1 N–H and O–H groups in total. The second-order valence-corrected chi connectivity index (χ2v) is 12.5. The SMILES string of the molecule is CC(C)CCC[C@@H](C)[C@@H]1CC[C@@H]2[C@@H]3CC[C@H]4CCC[C@H](O)[C@]4(C)[C@@H]3CC[C@@]21C. The summed E-state index contributed by atoms with van der Waals surface area (Å²) in [5, 5.41) is 11.1. The maximum atomic E-state index is 11.1. The lowest BCUT2D eigenvalue weighted by Gasteiger charge is -2.62. The van der Waals surface area contributed by atoms with Crippen LogP contribution in [0.1, 0.15) is 112 Å².